The van der Waals surface area contributed by atoms with Crippen LogP contribution in [0.4, 0.5) is 13.2 Å². The minimum Gasteiger partial charge on any atom is -0.497 e. The fourth-order valence-corrected chi connectivity index (χ4v) is 1.39. The third kappa shape index (κ3) is 5.50. The third-order valence-electron chi connectivity index (χ3n) is 2.30. The molecule has 1 aromatic carbocycles. The normalized spacial score (nSPS) is 11.2. The van der Waals surface area contributed by atoms with Crippen LogP contribution in [0.25, 0.3) is 0 Å². The molecule has 1 rings (SSSR count). The highest BCUT2D eigenvalue weighted by Gasteiger charge is 2.26. The van der Waals surface area contributed by atoms with E-state index < -0.39 is 12.6 Å². The van der Waals surface area contributed by atoms with Crippen molar-refractivity contribution in [1.82, 2.24) is 0 Å². The summed E-state index contributed by atoms with van der Waals surface area (Å²) in [6.07, 6.45) is -5.20. The molecule has 1 aromatic rings. The molecule has 0 radical (unpaired) electrons. The van der Waals surface area contributed by atoms with Crippen molar-refractivity contribution < 1.29 is 22.6 Å². The molecule has 4 nitrogen and oxygen atoms in total. The van der Waals surface area contributed by atoms with E-state index in [1.807, 2.05) is 0 Å². The Kier molecular flexibility index (Phi) is 5.02. The predicted octanol–water partition coefficient (Wildman–Crippen LogP) is 2.70. The number of halogens is 3. The number of nitrogens with one attached hydrogen (secondary N) is 1. The summed E-state index contributed by atoms with van der Waals surface area (Å²) in [4.78, 5) is 0. The number of alkyl halides is 3. The molecule has 0 unspecified atom stereocenters. The van der Waals surface area contributed by atoms with Crippen molar-refractivity contribution in [3.05, 3.63) is 23.8 Å². The zero-order chi connectivity index (χ0) is 14.5. The number of hydrogen-bond donors (Lipinski definition) is 2. The number of ether oxygens (including phenoxy) is 2. The molecule has 0 heterocycles. The van der Waals surface area contributed by atoms with Crippen molar-refractivity contribution in [3.8, 4) is 11.5 Å². The smallest absolute Gasteiger partial charge is 0.389 e. The van der Waals surface area contributed by atoms with E-state index in [2.05, 4.69) is 0 Å². The molecule has 19 heavy (non-hydrogen) atoms. The predicted molar refractivity (Wildman–Crippen MR) is 64.8 cm³/mol. The van der Waals surface area contributed by atoms with Crippen LogP contribution < -0.4 is 15.2 Å². The van der Waals surface area contributed by atoms with E-state index in [0.29, 0.717) is 17.1 Å². The van der Waals surface area contributed by atoms with Gasteiger partial charge in [-0.2, -0.15) is 13.2 Å². The molecule has 0 fully saturated rings. The zero-order valence-electron chi connectivity index (χ0n) is 10.4. The van der Waals surface area contributed by atoms with Crippen molar-refractivity contribution in [3.63, 3.8) is 0 Å². The van der Waals surface area contributed by atoms with Gasteiger partial charge in [0.2, 0.25) is 0 Å². The lowest BCUT2D eigenvalue weighted by atomic mass is 10.2. The first-order valence-corrected chi connectivity index (χ1v) is 5.55. The van der Waals surface area contributed by atoms with E-state index in [4.69, 9.17) is 20.6 Å². The number of rotatable bonds is 6. The molecule has 0 aliphatic carbocycles. The van der Waals surface area contributed by atoms with Crippen LogP contribution in [0.3, 0.4) is 0 Å². The van der Waals surface area contributed by atoms with Gasteiger partial charge in [-0.15, -0.1) is 0 Å². The van der Waals surface area contributed by atoms with Crippen LogP contribution >= 0.6 is 0 Å². The Morgan fingerprint density at radius 1 is 1.26 bits per heavy atom. The quantitative estimate of drug-likeness (QED) is 0.477. The second-order valence-corrected chi connectivity index (χ2v) is 3.88. The minimum absolute atomic E-state index is 0.0655. The first-order chi connectivity index (χ1) is 8.81. The number of amidine groups is 1. The Bertz CT molecular complexity index is 447. The molecule has 106 valence electrons. The van der Waals surface area contributed by atoms with Gasteiger partial charge in [0.05, 0.1) is 13.7 Å². The van der Waals surface area contributed by atoms with Crippen LogP contribution in [-0.4, -0.2) is 25.7 Å². The molecule has 0 saturated carbocycles. The fraction of sp³-hybridized carbons (Fsp3) is 0.417. The van der Waals surface area contributed by atoms with Crippen molar-refractivity contribution in [1.29, 1.82) is 5.41 Å². The maximum atomic E-state index is 11.9. The van der Waals surface area contributed by atoms with Crippen LogP contribution in [-0.2, 0) is 0 Å². The van der Waals surface area contributed by atoms with E-state index in [1.54, 1.807) is 6.07 Å². The van der Waals surface area contributed by atoms with Crippen LogP contribution in [0, 0.1) is 5.41 Å². The lowest BCUT2D eigenvalue weighted by molar-refractivity contribution is -0.136. The second-order valence-electron chi connectivity index (χ2n) is 3.88. The largest absolute Gasteiger partial charge is 0.497 e. The van der Waals surface area contributed by atoms with Crippen molar-refractivity contribution in [2.24, 2.45) is 5.73 Å². The van der Waals surface area contributed by atoms with Gasteiger partial charge in [-0.1, -0.05) is 0 Å². The SMILES string of the molecule is COc1cc(OCCCC(F)(F)F)cc(C(=N)N)c1. The Hall–Kier alpha value is -1.92. The Labute approximate surface area is 108 Å². The Balaban J connectivity index is 2.62. The van der Waals surface area contributed by atoms with Crippen LogP contribution in [0.1, 0.15) is 18.4 Å². The molecule has 0 aliphatic rings. The number of methoxy groups -OCH3 is 1. The molecule has 0 atom stereocenters. The first kappa shape index (κ1) is 15.1. The van der Waals surface area contributed by atoms with E-state index in [1.165, 1.54) is 19.2 Å². The molecular formula is C12H15F3N2O2. The van der Waals surface area contributed by atoms with Gasteiger partial charge in [0, 0.05) is 18.1 Å². The van der Waals surface area contributed by atoms with E-state index in [0.717, 1.165) is 0 Å². The Morgan fingerprint density at radius 3 is 2.42 bits per heavy atom. The zero-order valence-corrected chi connectivity index (χ0v) is 10.4. The van der Waals surface area contributed by atoms with E-state index in [-0.39, 0.29) is 18.9 Å². The van der Waals surface area contributed by atoms with Gasteiger partial charge < -0.3 is 15.2 Å². The molecule has 3 N–H and O–H groups in total. The van der Waals surface area contributed by atoms with Crippen molar-refractivity contribution in [2.75, 3.05) is 13.7 Å². The van der Waals surface area contributed by atoms with Crippen LogP contribution in [0.5, 0.6) is 11.5 Å². The molecule has 0 amide bonds. The summed E-state index contributed by atoms with van der Waals surface area (Å²) in [5.41, 5.74) is 5.74. The lowest BCUT2D eigenvalue weighted by Gasteiger charge is -2.11. The van der Waals surface area contributed by atoms with Gasteiger partial charge in [0.15, 0.2) is 0 Å². The lowest BCUT2D eigenvalue weighted by Crippen LogP contribution is -2.12. The molecule has 0 aromatic heterocycles. The number of hydrogen-bond acceptors (Lipinski definition) is 3. The van der Waals surface area contributed by atoms with E-state index in [9.17, 15) is 13.2 Å². The van der Waals surface area contributed by atoms with E-state index >= 15 is 0 Å². The maximum Gasteiger partial charge on any atom is 0.389 e. The molecule has 0 aliphatic heterocycles. The number of nitrogen functional groups attached to an aromatic ring is 1. The molecule has 0 bridgehead atoms. The number of benzene rings is 1. The maximum absolute atomic E-state index is 11.9. The van der Waals surface area contributed by atoms with Gasteiger partial charge in [0.1, 0.15) is 17.3 Å². The summed E-state index contributed by atoms with van der Waals surface area (Å²) < 4.78 is 46.0. The monoisotopic (exact) mass is 276 g/mol. The molecule has 7 heteroatoms. The second kappa shape index (κ2) is 6.31. The summed E-state index contributed by atoms with van der Waals surface area (Å²) >= 11 is 0. The third-order valence-corrected chi connectivity index (χ3v) is 2.30. The Morgan fingerprint density at radius 2 is 1.89 bits per heavy atom. The van der Waals surface area contributed by atoms with Crippen molar-refractivity contribution in [2.45, 2.75) is 19.0 Å². The van der Waals surface area contributed by atoms with Gasteiger partial charge in [-0.05, 0) is 18.6 Å². The van der Waals surface area contributed by atoms with Gasteiger partial charge in [-0.3, -0.25) is 5.41 Å². The number of nitrogens with two attached hydrogens (primary N) is 1. The van der Waals surface area contributed by atoms with Gasteiger partial charge in [-0.25, -0.2) is 0 Å². The highest BCUT2D eigenvalue weighted by molar-refractivity contribution is 5.95. The highest BCUT2D eigenvalue weighted by Crippen LogP contribution is 2.24. The summed E-state index contributed by atoms with van der Waals surface area (Å²) in [7, 11) is 1.44. The molecular weight excluding hydrogens is 261 g/mol. The average molecular weight is 276 g/mol. The summed E-state index contributed by atoms with van der Waals surface area (Å²) in [5, 5.41) is 7.32. The van der Waals surface area contributed by atoms with Crippen LogP contribution in [0.2, 0.25) is 0 Å². The standard InChI is InChI=1S/C12H15F3N2O2/c1-18-9-5-8(11(16)17)6-10(7-9)19-4-2-3-12(13,14)15/h5-7H,2-4H2,1H3,(H3,16,17). The summed E-state index contributed by atoms with van der Waals surface area (Å²) in [6.45, 7) is -0.0655. The van der Waals surface area contributed by atoms with Crippen LogP contribution in [0.15, 0.2) is 18.2 Å². The summed E-state index contributed by atoms with van der Waals surface area (Å²) in [6, 6.07) is 4.56. The highest BCUT2D eigenvalue weighted by atomic mass is 19.4. The molecule has 0 saturated heterocycles. The minimum atomic E-state index is -4.18. The van der Waals surface area contributed by atoms with Crippen molar-refractivity contribution >= 4 is 5.84 Å². The first-order valence-electron chi connectivity index (χ1n) is 5.55. The fourth-order valence-electron chi connectivity index (χ4n) is 1.39. The van der Waals surface area contributed by atoms with Gasteiger partial charge >= 0.3 is 6.18 Å². The molecule has 0 spiro atoms. The summed E-state index contributed by atoms with van der Waals surface area (Å²) in [5.74, 6) is 0.587. The average Bonchev–Trinajstić information content (AvgIpc) is 2.33. The topological polar surface area (TPSA) is 68.3 Å². The van der Waals surface area contributed by atoms with Gasteiger partial charge in [0.25, 0.3) is 0 Å².